The molecule has 0 aliphatic rings. The first-order valence-corrected chi connectivity index (χ1v) is 13.1. The highest BCUT2D eigenvalue weighted by molar-refractivity contribution is 6.07. The Morgan fingerprint density at radius 2 is 1.32 bits per heavy atom. The molecule has 2 aromatic carbocycles. The van der Waals surface area contributed by atoms with Crippen molar-refractivity contribution < 1.29 is 28.6 Å². The van der Waals surface area contributed by atoms with Crippen molar-refractivity contribution >= 4 is 23.8 Å². The predicted molar refractivity (Wildman–Crippen MR) is 151 cm³/mol. The highest BCUT2D eigenvalue weighted by atomic mass is 16.5. The molecule has 0 unspecified atom stereocenters. The average Bonchev–Trinajstić information content (AvgIpc) is 2.82. The summed E-state index contributed by atoms with van der Waals surface area (Å²) in [5.74, 6) is 0.486. The molecule has 0 N–H and O–H groups in total. The third kappa shape index (κ3) is 8.04. The second-order valence-corrected chi connectivity index (χ2v) is 12.1. The lowest BCUT2D eigenvalue weighted by Crippen LogP contribution is -2.27. The molecule has 6 heteroatoms. The second-order valence-electron chi connectivity index (χ2n) is 12.1. The van der Waals surface area contributed by atoms with Crippen molar-refractivity contribution in [2.45, 2.75) is 81.1 Å². The quantitative estimate of drug-likeness (QED) is 0.146. The van der Waals surface area contributed by atoms with Gasteiger partial charge in [0.25, 0.3) is 0 Å². The van der Waals surface area contributed by atoms with Crippen LogP contribution >= 0.6 is 0 Å². The van der Waals surface area contributed by atoms with Gasteiger partial charge in [-0.2, -0.15) is 0 Å². The van der Waals surface area contributed by atoms with E-state index in [0.29, 0.717) is 35.0 Å². The number of hydrogen-bond acceptors (Lipinski definition) is 6. The van der Waals surface area contributed by atoms with Gasteiger partial charge in [-0.3, -0.25) is 14.4 Å². The molecule has 0 heterocycles. The smallest absolute Gasteiger partial charge is 0.316 e. The van der Waals surface area contributed by atoms with E-state index in [-0.39, 0.29) is 23.1 Å². The van der Waals surface area contributed by atoms with Crippen molar-refractivity contribution in [3.63, 3.8) is 0 Å². The van der Waals surface area contributed by atoms with Crippen molar-refractivity contribution in [2.24, 2.45) is 10.8 Å². The van der Waals surface area contributed by atoms with E-state index in [9.17, 15) is 14.4 Å². The number of ketones is 1. The predicted octanol–water partition coefficient (Wildman–Crippen LogP) is 7.57. The van der Waals surface area contributed by atoms with Crippen molar-refractivity contribution in [1.82, 2.24) is 0 Å². The number of allylic oxidation sites excluding steroid dienone is 1. The van der Waals surface area contributed by atoms with Gasteiger partial charge >= 0.3 is 11.9 Å². The summed E-state index contributed by atoms with van der Waals surface area (Å²) in [4.78, 5) is 37.8. The Hall–Kier alpha value is -3.41. The Balaban J connectivity index is 2.41. The molecule has 6 nitrogen and oxygen atoms in total. The van der Waals surface area contributed by atoms with Gasteiger partial charge in [0, 0.05) is 22.8 Å². The Kier molecular flexibility index (Phi) is 9.71. The van der Waals surface area contributed by atoms with Crippen LogP contribution in [0.2, 0.25) is 0 Å². The van der Waals surface area contributed by atoms with E-state index < -0.39 is 10.8 Å². The topological polar surface area (TPSA) is 78.9 Å². The molecule has 0 fully saturated rings. The van der Waals surface area contributed by atoms with Gasteiger partial charge in [0.1, 0.15) is 17.2 Å². The van der Waals surface area contributed by atoms with Crippen molar-refractivity contribution in [3.05, 3.63) is 59.2 Å². The van der Waals surface area contributed by atoms with Crippen LogP contribution in [0.5, 0.6) is 17.2 Å². The minimum atomic E-state index is -0.662. The monoisotopic (exact) mass is 522 g/mol. The van der Waals surface area contributed by atoms with Crippen LogP contribution in [0, 0.1) is 10.8 Å². The van der Waals surface area contributed by atoms with Crippen LogP contribution in [0.3, 0.4) is 0 Å². The molecular formula is C32H42O6. The fourth-order valence-corrected chi connectivity index (χ4v) is 3.25. The van der Waals surface area contributed by atoms with E-state index in [2.05, 4.69) is 20.8 Å². The zero-order valence-corrected chi connectivity index (χ0v) is 24.5. The van der Waals surface area contributed by atoms with Crippen molar-refractivity contribution in [1.29, 1.82) is 0 Å². The van der Waals surface area contributed by atoms with Gasteiger partial charge in [0.2, 0.25) is 0 Å². The van der Waals surface area contributed by atoms with E-state index in [1.807, 2.05) is 33.8 Å². The van der Waals surface area contributed by atoms with E-state index in [1.54, 1.807) is 57.2 Å². The van der Waals surface area contributed by atoms with Crippen molar-refractivity contribution in [2.75, 3.05) is 6.61 Å². The van der Waals surface area contributed by atoms with E-state index in [4.69, 9.17) is 14.2 Å². The highest BCUT2D eigenvalue weighted by Crippen LogP contribution is 2.40. The Bertz CT molecular complexity index is 1190. The molecule has 0 atom stereocenters. The Morgan fingerprint density at radius 3 is 1.82 bits per heavy atom. The first kappa shape index (κ1) is 30.8. The lowest BCUT2D eigenvalue weighted by molar-refractivity contribution is -0.143. The summed E-state index contributed by atoms with van der Waals surface area (Å²) >= 11 is 0. The maximum absolute atomic E-state index is 12.9. The standard InChI is InChI=1S/C32H42O6/c1-11-32(9,10)24-19-22(26(36-12-2)20-27(24)38-29(35)31(6,7)8)15-18-25(33)21-13-16-23(17-14-21)37-28(34)30(3,4)5/h13-20H,11-12H2,1-10H3/b18-15+. The Morgan fingerprint density at radius 1 is 0.763 bits per heavy atom. The van der Waals surface area contributed by atoms with Crippen molar-refractivity contribution in [3.8, 4) is 17.2 Å². The zero-order chi connectivity index (χ0) is 28.9. The molecule has 2 aromatic rings. The third-order valence-corrected chi connectivity index (χ3v) is 6.22. The molecule has 0 radical (unpaired) electrons. The minimum absolute atomic E-state index is 0.208. The van der Waals surface area contributed by atoms with Gasteiger partial charge in [-0.1, -0.05) is 20.8 Å². The summed E-state index contributed by atoms with van der Waals surface area (Å²) < 4.78 is 17.1. The van der Waals surface area contributed by atoms with Crippen LogP contribution in [-0.4, -0.2) is 24.3 Å². The molecule has 0 bridgehead atoms. The largest absolute Gasteiger partial charge is 0.493 e. The second kappa shape index (κ2) is 12.0. The number of esters is 2. The molecule has 38 heavy (non-hydrogen) atoms. The van der Waals surface area contributed by atoms with Crippen LogP contribution in [-0.2, 0) is 15.0 Å². The molecule has 0 aromatic heterocycles. The van der Waals surface area contributed by atoms with Gasteiger partial charge in [-0.15, -0.1) is 0 Å². The minimum Gasteiger partial charge on any atom is -0.493 e. The Labute approximate surface area is 227 Å². The number of benzene rings is 2. The van der Waals surface area contributed by atoms with Gasteiger partial charge < -0.3 is 14.2 Å². The lowest BCUT2D eigenvalue weighted by Gasteiger charge is -2.28. The molecule has 0 aliphatic heterocycles. The molecule has 2 rings (SSSR count). The first-order valence-electron chi connectivity index (χ1n) is 13.1. The molecule has 206 valence electrons. The molecule has 0 spiro atoms. The summed E-state index contributed by atoms with van der Waals surface area (Å²) in [6.07, 6.45) is 4.01. The van der Waals surface area contributed by atoms with E-state index in [1.165, 1.54) is 6.08 Å². The molecule has 0 aliphatic carbocycles. The van der Waals surface area contributed by atoms with Crippen LogP contribution in [0.4, 0.5) is 0 Å². The maximum atomic E-state index is 12.9. The van der Waals surface area contributed by atoms with Crippen LogP contribution in [0.25, 0.3) is 6.08 Å². The average molecular weight is 523 g/mol. The fraction of sp³-hybridized carbons (Fsp3) is 0.469. The van der Waals surface area contributed by atoms with E-state index >= 15 is 0 Å². The molecular weight excluding hydrogens is 480 g/mol. The van der Waals surface area contributed by atoms with Gasteiger partial charge in [-0.25, -0.2) is 0 Å². The summed E-state index contributed by atoms with van der Waals surface area (Å²) in [5, 5.41) is 0. The number of carbonyl (C=O) groups is 3. The summed E-state index contributed by atoms with van der Waals surface area (Å²) in [7, 11) is 0. The van der Waals surface area contributed by atoms with Gasteiger partial charge in [0.15, 0.2) is 5.78 Å². The maximum Gasteiger partial charge on any atom is 0.316 e. The van der Waals surface area contributed by atoms with Gasteiger partial charge in [0.05, 0.1) is 17.4 Å². The third-order valence-electron chi connectivity index (χ3n) is 6.22. The number of hydrogen-bond donors (Lipinski definition) is 0. The number of ether oxygens (including phenoxy) is 3. The zero-order valence-electron chi connectivity index (χ0n) is 24.5. The summed E-state index contributed by atoms with van der Waals surface area (Å²) in [5.41, 5.74) is 0.457. The highest BCUT2D eigenvalue weighted by Gasteiger charge is 2.29. The van der Waals surface area contributed by atoms with Crippen LogP contribution in [0.15, 0.2) is 42.5 Å². The molecule has 0 saturated carbocycles. The molecule has 0 amide bonds. The molecule has 0 saturated heterocycles. The lowest BCUT2D eigenvalue weighted by atomic mass is 9.80. The summed E-state index contributed by atoms with van der Waals surface area (Å²) in [6, 6.07) is 10.1. The van der Waals surface area contributed by atoms with Gasteiger partial charge in [-0.05, 0) is 103 Å². The van der Waals surface area contributed by atoms with Crippen LogP contribution in [0.1, 0.15) is 97.1 Å². The summed E-state index contributed by atoms with van der Waals surface area (Å²) in [6.45, 7) is 19.3. The normalized spacial score (nSPS) is 12.4. The van der Waals surface area contributed by atoms with E-state index in [0.717, 1.165) is 12.0 Å². The number of rotatable bonds is 9. The van der Waals surface area contributed by atoms with Crippen LogP contribution < -0.4 is 14.2 Å². The SMILES string of the molecule is CCOc1cc(OC(=O)C(C)(C)C)c(C(C)(C)CC)cc1/C=C/C(=O)c1ccc(OC(=O)C(C)(C)C)cc1. The fourth-order valence-electron chi connectivity index (χ4n) is 3.25. The number of carbonyl (C=O) groups excluding carboxylic acids is 3. The first-order chi connectivity index (χ1) is 17.5.